The molecule has 0 saturated carbocycles. The Labute approximate surface area is 130 Å². The number of aromatic amines is 1. The van der Waals surface area contributed by atoms with E-state index in [1.54, 1.807) is 0 Å². The van der Waals surface area contributed by atoms with Gasteiger partial charge in [-0.1, -0.05) is 6.92 Å². The molecular formula is C17H22N2O3. The van der Waals surface area contributed by atoms with Crippen molar-refractivity contribution in [1.82, 2.24) is 9.88 Å². The molecule has 0 radical (unpaired) electrons. The third kappa shape index (κ3) is 3.48. The summed E-state index contributed by atoms with van der Waals surface area (Å²) in [5.74, 6) is 0.973. The Balaban J connectivity index is 1.60. The van der Waals surface area contributed by atoms with Crippen LogP contribution in [-0.4, -0.2) is 55.1 Å². The molecule has 0 aliphatic carbocycles. The second-order valence-corrected chi connectivity index (χ2v) is 5.51. The number of aromatic nitrogens is 1. The first kappa shape index (κ1) is 15.1. The van der Waals surface area contributed by atoms with Crippen LogP contribution >= 0.6 is 0 Å². The molecule has 2 aromatic rings. The SMILES string of the molecule is CCC(=O)c1cc2cc(OCCN3CCOCC3)ccc2[nH]1. The summed E-state index contributed by atoms with van der Waals surface area (Å²) in [4.78, 5) is 17.2. The van der Waals surface area contributed by atoms with Crippen LogP contribution in [0, 0.1) is 0 Å². The Morgan fingerprint density at radius 1 is 1.32 bits per heavy atom. The van der Waals surface area contributed by atoms with Gasteiger partial charge in [0.15, 0.2) is 5.78 Å². The first-order valence-corrected chi connectivity index (χ1v) is 7.85. The molecule has 0 atom stereocenters. The van der Waals surface area contributed by atoms with Crippen molar-refractivity contribution >= 4 is 16.7 Å². The molecule has 1 aliphatic heterocycles. The average molecular weight is 302 g/mol. The van der Waals surface area contributed by atoms with Crippen LogP contribution in [-0.2, 0) is 4.74 Å². The Morgan fingerprint density at radius 2 is 2.14 bits per heavy atom. The Bertz CT molecular complexity index is 644. The van der Waals surface area contributed by atoms with Crippen molar-refractivity contribution in [3.05, 3.63) is 30.0 Å². The molecule has 5 nitrogen and oxygen atoms in total. The summed E-state index contributed by atoms with van der Waals surface area (Å²) in [6.07, 6.45) is 0.510. The van der Waals surface area contributed by atoms with Crippen molar-refractivity contribution in [3.63, 3.8) is 0 Å². The summed E-state index contributed by atoms with van der Waals surface area (Å²) in [5.41, 5.74) is 1.64. The van der Waals surface area contributed by atoms with E-state index in [1.165, 1.54) is 0 Å². The predicted octanol–water partition coefficient (Wildman–Crippen LogP) is 2.47. The zero-order valence-electron chi connectivity index (χ0n) is 12.9. The van der Waals surface area contributed by atoms with E-state index in [2.05, 4.69) is 9.88 Å². The zero-order valence-corrected chi connectivity index (χ0v) is 12.9. The molecule has 22 heavy (non-hydrogen) atoms. The van der Waals surface area contributed by atoms with Gasteiger partial charge in [0.1, 0.15) is 12.4 Å². The van der Waals surface area contributed by atoms with Crippen molar-refractivity contribution in [1.29, 1.82) is 0 Å². The molecule has 1 fully saturated rings. The first-order valence-electron chi connectivity index (χ1n) is 7.85. The number of fused-ring (bicyclic) bond motifs is 1. The summed E-state index contributed by atoms with van der Waals surface area (Å²) < 4.78 is 11.2. The highest BCUT2D eigenvalue weighted by Crippen LogP contribution is 2.22. The fraction of sp³-hybridized carbons (Fsp3) is 0.471. The number of ketones is 1. The summed E-state index contributed by atoms with van der Waals surface area (Å²) >= 11 is 0. The predicted molar refractivity (Wildman–Crippen MR) is 85.7 cm³/mol. The van der Waals surface area contributed by atoms with E-state index < -0.39 is 0 Å². The van der Waals surface area contributed by atoms with E-state index in [9.17, 15) is 4.79 Å². The van der Waals surface area contributed by atoms with Crippen molar-refractivity contribution in [2.45, 2.75) is 13.3 Å². The minimum atomic E-state index is 0.131. The van der Waals surface area contributed by atoms with E-state index in [4.69, 9.17) is 9.47 Å². The maximum absolute atomic E-state index is 11.7. The van der Waals surface area contributed by atoms with E-state index in [-0.39, 0.29) is 5.78 Å². The van der Waals surface area contributed by atoms with Crippen LogP contribution in [0.4, 0.5) is 0 Å². The van der Waals surface area contributed by atoms with Crippen LogP contribution in [0.25, 0.3) is 10.9 Å². The van der Waals surface area contributed by atoms with Crippen molar-refractivity contribution < 1.29 is 14.3 Å². The smallest absolute Gasteiger partial charge is 0.178 e. The van der Waals surface area contributed by atoms with Gasteiger partial charge in [-0.2, -0.15) is 0 Å². The number of ether oxygens (including phenoxy) is 2. The lowest BCUT2D eigenvalue weighted by Crippen LogP contribution is -2.38. The maximum Gasteiger partial charge on any atom is 0.178 e. The van der Waals surface area contributed by atoms with Crippen LogP contribution in [0.2, 0.25) is 0 Å². The second-order valence-electron chi connectivity index (χ2n) is 5.51. The number of hydrogen-bond acceptors (Lipinski definition) is 4. The van der Waals surface area contributed by atoms with Gasteiger partial charge in [-0.25, -0.2) is 0 Å². The van der Waals surface area contributed by atoms with Crippen LogP contribution < -0.4 is 4.74 Å². The third-order valence-corrected chi connectivity index (χ3v) is 3.99. The number of nitrogens with one attached hydrogen (secondary N) is 1. The number of hydrogen-bond donors (Lipinski definition) is 1. The fourth-order valence-corrected chi connectivity index (χ4v) is 2.66. The zero-order chi connectivity index (χ0) is 15.4. The number of rotatable bonds is 6. The lowest BCUT2D eigenvalue weighted by atomic mass is 10.2. The lowest BCUT2D eigenvalue weighted by Gasteiger charge is -2.26. The normalized spacial score (nSPS) is 16.0. The largest absolute Gasteiger partial charge is 0.492 e. The Kier molecular flexibility index (Phi) is 4.75. The molecule has 1 aliphatic rings. The monoisotopic (exact) mass is 302 g/mol. The van der Waals surface area contributed by atoms with Gasteiger partial charge in [0.25, 0.3) is 0 Å². The first-order chi connectivity index (χ1) is 10.8. The topological polar surface area (TPSA) is 54.6 Å². The molecule has 0 bridgehead atoms. The van der Waals surface area contributed by atoms with Gasteiger partial charge in [-0.3, -0.25) is 9.69 Å². The molecular weight excluding hydrogens is 280 g/mol. The van der Waals surface area contributed by atoms with Crippen molar-refractivity contribution in [2.75, 3.05) is 39.5 Å². The summed E-state index contributed by atoms with van der Waals surface area (Å²) in [7, 11) is 0. The number of carbonyl (C=O) groups excluding carboxylic acids is 1. The molecule has 3 rings (SSSR count). The minimum absolute atomic E-state index is 0.131. The Hall–Kier alpha value is -1.85. The molecule has 1 aromatic carbocycles. The summed E-state index contributed by atoms with van der Waals surface area (Å²) in [5, 5.41) is 1.01. The number of nitrogens with zero attached hydrogens (tertiary/aromatic N) is 1. The molecule has 1 saturated heterocycles. The average Bonchev–Trinajstić information content (AvgIpc) is 2.98. The summed E-state index contributed by atoms with van der Waals surface area (Å²) in [6.45, 7) is 7.01. The molecule has 118 valence electrons. The van der Waals surface area contributed by atoms with Crippen LogP contribution in [0.5, 0.6) is 5.75 Å². The molecule has 1 aromatic heterocycles. The molecule has 5 heteroatoms. The van der Waals surface area contributed by atoms with E-state index in [0.717, 1.165) is 49.5 Å². The van der Waals surface area contributed by atoms with E-state index in [1.807, 2.05) is 31.2 Å². The fourth-order valence-electron chi connectivity index (χ4n) is 2.66. The van der Waals surface area contributed by atoms with Crippen LogP contribution in [0.1, 0.15) is 23.8 Å². The maximum atomic E-state index is 11.7. The van der Waals surface area contributed by atoms with Crippen LogP contribution in [0.3, 0.4) is 0 Å². The van der Waals surface area contributed by atoms with Gasteiger partial charge in [0, 0.05) is 37.0 Å². The molecule has 2 heterocycles. The molecule has 0 unspecified atom stereocenters. The highest BCUT2D eigenvalue weighted by Gasteiger charge is 2.11. The van der Waals surface area contributed by atoms with Gasteiger partial charge >= 0.3 is 0 Å². The van der Waals surface area contributed by atoms with Crippen molar-refractivity contribution in [3.8, 4) is 5.75 Å². The van der Waals surface area contributed by atoms with E-state index >= 15 is 0 Å². The number of H-pyrrole nitrogens is 1. The quantitative estimate of drug-likeness (QED) is 0.833. The van der Waals surface area contributed by atoms with Gasteiger partial charge in [-0.15, -0.1) is 0 Å². The third-order valence-electron chi connectivity index (χ3n) is 3.99. The van der Waals surface area contributed by atoms with Gasteiger partial charge in [0.05, 0.1) is 18.9 Å². The second kappa shape index (κ2) is 6.94. The lowest BCUT2D eigenvalue weighted by molar-refractivity contribution is 0.0322. The highest BCUT2D eigenvalue weighted by molar-refractivity contribution is 5.99. The Morgan fingerprint density at radius 3 is 2.91 bits per heavy atom. The number of carbonyl (C=O) groups is 1. The van der Waals surface area contributed by atoms with Gasteiger partial charge in [0.2, 0.25) is 0 Å². The molecule has 0 amide bonds. The van der Waals surface area contributed by atoms with Crippen molar-refractivity contribution in [2.24, 2.45) is 0 Å². The summed E-state index contributed by atoms with van der Waals surface area (Å²) in [6, 6.07) is 7.79. The standard InChI is InChI=1S/C17H22N2O3/c1-2-17(20)16-12-13-11-14(3-4-15(13)18-16)22-10-7-19-5-8-21-9-6-19/h3-4,11-12,18H,2,5-10H2,1H3. The minimum Gasteiger partial charge on any atom is -0.492 e. The highest BCUT2D eigenvalue weighted by atomic mass is 16.5. The number of morpholine rings is 1. The molecule has 0 spiro atoms. The number of Topliss-reactive ketones (excluding diaryl/α,β-unsaturated/α-hetero) is 1. The van der Waals surface area contributed by atoms with Gasteiger partial charge in [-0.05, 0) is 24.3 Å². The van der Waals surface area contributed by atoms with Crippen LogP contribution in [0.15, 0.2) is 24.3 Å². The van der Waals surface area contributed by atoms with E-state index in [0.29, 0.717) is 18.7 Å². The van der Waals surface area contributed by atoms with Gasteiger partial charge < -0.3 is 14.5 Å². The molecule has 1 N–H and O–H groups in total. The number of benzene rings is 1.